The van der Waals surface area contributed by atoms with Crippen molar-refractivity contribution in [2.75, 3.05) is 6.61 Å². The molecule has 5 atom stereocenters. The summed E-state index contributed by atoms with van der Waals surface area (Å²) >= 11 is 9.24. The Kier molecular flexibility index (Phi) is 6.57. The number of hydrogen-bond donors (Lipinski definition) is 4. The van der Waals surface area contributed by atoms with Crippen LogP contribution in [0.15, 0.2) is 42.5 Å². The van der Waals surface area contributed by atoms with Gasteiger partial charge in [-0.1, -0.05) is 23.7 Å². The summed E-state index contributed by atoms with van der Waals surface area (Å²) in [6, 6.07) is 12.1. The molecule has 3 heterocycles. The van der Waals surface area contributed by atoms with E-state index in [1.54, 1.807) is 23.5 Å². The van der Waals surface area contributed by atoms with Crippen LogP contribution in [-0.4, -0.2) is 51.4 Å². The number of ether oxygens (including phenoxy) is 1. The van der Waals surface area contributed by atoms with Gasteiger partial charge in [-0.3, -0.25) is 0 Å². The Labute approximate surface area is 185 Å². The third-order valence-corrected chi connectivity index (χ3v) is 7.74. The number of rotatable bonds is 5. The van der Waals surface area contributed by atoms with E-state index in [9.17, 15) is 24.8 Å². The van der Waals surface area contributed by atoms with E-state index < -0.39 is 37.1 Å². The summed E-state index contributed by atoms with van der Waals surface area (Å²) in [5.41, 5.74) is 1.78. The lowest BCUT2D eigenvalue weighted by atomic mass is 9.94. The molecule has 4 N–H and O–H groups in total. The summed E-state index contributed by atoms with van der Waals surface area (Å²) < 4.78 is 19.3. The zero-order chi connectivity index (χ0) is 21.4. The quantitative estimate of drug-likeness (QED) is 0.459. The highest BCUT2D eigenvalue weighted by molar-refractivity contribution is 7.16. The van der Waals surface area contributed by atoms with Crippen LogP contribution in [0.3, 0.4) is 0 Å². The largest absolute Gasteiger partial charge is 0.394 e. The second kappa shape index (κ2) is 9.02. The van der Waals surface area contributed by atoms with Gasteiger partial charge in [0.15, 0.2) is 0 Å². The molecule has 0 amide bonds. The van der Waals surface area contributed by atoms with Gasteiger partial charge in [-0.15, -0.1) is 22.7 Å². The summed E-state index contributed by atoms with van der Waals surface area (Å²) in [5.74, 6) is -0.277. The third-order valence-electron chi connectivity index (χ3n) is 5.10. The van der Waals surface area contributed by atoms with Crippen molar-refractivity contribution in [2.24, 2.45) is 0 Å². The van der Waals surface area contributed by atoms with E-state index in [1.165, 1.54) is 23.5 Å². The topological polar surface area (TPSA) is 90.2 Å². The van der Waals surface area contributed by atoms with Crippen LogP contribution >= 0.6 is 34.3 Å². The molecule has 4 rings (SSSR count). The average molecular weight is 471 g/mol. The van der Waals surface area contributed by atoms with Gasteiger partial charge >= 0.3 is 0 Å². The second-order valence-electron chi connectivity index (χ2n) is 7.15. The van der Waals surface area contributed by atoms with Gasteiger partial charge in [0.05, 0.1) is 10.9 Å². The Morgan fingerprint density at radius 1 is 0.967 bits per heavy atom. The van der Waals surface area contributed by atoms with Gasteiger partial charge in [-0.2, -0.15) is 0 Å². The summed E-state index contributed by atoms with van der Waals surface area (Å²) in [7, 11) is 0. The van der Waals surface area contributed by atoms with Gasteiger partial charge in [0.1, 0.15) is 36.3 Å². The zero-order valence-electron chi connectivity index (χ0n) is 15.6. The SMILES string of the molecule is OCC1O[C@@H](c2cc(Cc3ccc(-c4ccc(F)cc4)s3)c(Cl)s2)[C@H](O)[C@@H](O)[C@@H]1O. The molecular formula is C21H20ClFO5S2. The number of thiophene rings is 2. The minimum absolute atomic E-state index is 0.277. The molecule has 0 saturated carbocycles. The molecule has 1 aliphatic rings. The monoisotopic (exact) mass is 470 g/mol. The molecule has 1 unspecified atom stereocenters. The van der Waals surface area contributed by atoms with Crippen LogP contribution in [0.4, 0.5) is 4.39 Å². The summed E-state index contributed by atoms with van der Waals surface area (Å²) in [6.07, 6.45) is -5.45. The van der Waals surface area contributed by atoms with Crippen LogP contribution in [0.2, 0.25) is 4.34 Å². The van der Waals surface area contributed by atoms with Crippen LogP contribution in [0.25, 0.3) is 10.4 Å². The molecule has 0 bridgehead atoms. The third kappa shape index (κ3) is 4.32. The predicted molar refractivity (Wildman–Crippen MR) is 115 cm³/mol. The van der Waals surface area contributed by atoms with E-state index in [2.05, 4.69) is 0 Å². The first-order valence-electron chi connectivity index (χ1n) is 9.30. The zero-order valence-corrected chi connectivity index (χ0v) is 18.0. The molecule has 1 aromatic carbocycles. The predicted octanol–water partition coefficient (Wildman–Crippen LogP) is 3.37. The molecule has 3 aromatic rings. The van der Waals surface area contributed by atoms with Crippen molar-refractivity contribution in [2.45, 2.75) is 36.9 Å². The number of halogens is 2. The van der Waals surface area contributed by atoms with Crippen molar-refractivity contribution >= 4 is 34.3 Å². The number of hydrogen-bond acceptors (Lipinski definition) is 7. The van der Waals surface area contributed by atoms with E-state index in [1.807, 2.05) is 18.2 Å². The Hall–Kier alpha value is -1.36. The molecule has 160 valence electrons. The lowest BCUT2D eigenvalue weighted by Gasteiger charge is -2.39. The van der Waals surface area contributed by atoms with Crippen LogP contribution < -0.4 is 0 Å². The highest BCUT2D eigenvalue weighted by Gasteiger charge is 2.44. The first kappa shape index (κ1) is 21.9. The lowest BCUT2D eigenvalue weighted by molar-refractivity contribution is -0.230. The van der Waals surface area contributed by atoms with Crippen molar-refractivity contribution in [1.82, 2.24) is 0 Å². The van der Waals surface area contributed by atoms with Gasteiger partial charge in [-0.05, 0) is 41.5 Å². The highest BCUT2D eigenvalue weighted by atomic mass is 35.5. The van der Waals surface area contributed by atoms with Crippen LogP contribution in [0.1, 0.15) is 21.4 Å². The van der Waals surface area contributed by atoms with E-state index in [0.29, 0.717) is 15.6 Å². The smallest absolute Gasteiger partial charge is 0.123 e. The minimum atomic E-state index is -1.43. The fourth-order valence-electron chi connectivity index (χ4n) is 3.45. The summed E-state index contributed by atoms with van der Waals surface area (Å²) in [6.45, 7) is -0.477. The Balaban J connectivity index is 1.53. The second-order valence-corrected chi connectivity index (χ2v) is 10.0. The van der Waals surface area contributed by atoms with Gasteiger partial charge in [0, 0.05) is 21.1 Å². The molecule has 1 saturated heterocycles. The number of aliphatic hydroxyl groups excluding tert-OH is 4. The molecule has 0 aliphatic carbocycles. The molecule has 0 spiro atoms. The number of aliphatic hydroxyl groups is 4. The van der Waals surface area contributed by atoms with E-state index in [4.69, 9.17) is 16.3 Å². The fourth-order valence-corrected chi connectivity index (χ4v) is 5.86. The minimum Gasteiger partial charge on any atom is -0.394 e. The summed E-state index contributed by atoms with van der Waals surface area (Å²) in [5, 5.41) is 39.7. The Bertz CT molecular complexity index is 1000. The van der Waals surface area contributed by atoms with Gasteiger partial charge in [0.2, 0.25) is 0 Å². The standard InChI is InChI=1S/C21H20ClFO5S2/c22-21-11(7-13-5-6-15(29-13)10-1-3-12(23)4-2-10)8-16(30-21)20-19(27)18(26)17(25)14(9-24)28-20/h1-6,8,14,17-20,24-27H,7,9H2/t14?,17-,18+,19-,20+/m1/s1. The average Bonchev–Trinajstić information content (AvgIpc) is 3.34. The molecule has 1 aliphatic heterocycles. The van der Waals surface area contributed by atoms with Gasteiger partial charge in [0.25, 0.3) is 0 Å². The van der Waals surface area contributed by atoms with Crippen LogP contribution in [0, 0.1) is 5.82 Å². The molecule has 30 heavy (non-hydrogen) atoms. The maximum absolute atomic E-state index is 13.1. The molecule has 1 fully saturated rings. The molecule has 9 heteroatoms. The maximum atomic E-state index is 13.1. The highest BCUT2D eigenvalue weighted by Crippen LogP contribution is 2.40. The van der Waals surface area contributed by atoms with Gasteiger partial charge < -0.3 is 25.2 Å². The van der Waals surface area contributed by atoms with Crippen LogP contribution in [-0.2, 0) is 11.2 Å². The van der Waals surface area contributed by atoms with Crippen molar-refractivity contribution < 1.29 is 29.6 Å². The normalized spacial score (nSPS) is 26.8. The molecule has 2 aromatic heterocycles. The van der Waals surface area contributed by atoms with Crippen LogP contribution in [0.5, 0.6) is 0 Å². The molecule has 0 radical (unpaired) electrons. The fraction of sp³-hybridized carbons (Fsp3) is 0.333. The maximum Gasteiger partial charge on any atom is 0.123 e. The Morgan fingerprint density at radius 3 is 2.40 bits per heavy atom. The van der Waals surface area contributed by atoms with E-state index in [0.717, 1.165) is 20.9 Å². The Morgan fingerprint density at radius 2 is 1.70 bits per heavy atom. The first-order chi connectivity index (χ1) is 14.4. The summed E-state index contributed by atoms with van der Waals surface area (Å²) in [4.78, 5) is 2.70. The van der Waals surface area contributed by atoms with Gasteiger partial charge in [-0.25, -0.2) is 4.39 Å². The molecule has 5 nitrogen and oxygen atoms in total. The lowest BCUT2D eigenvalue weighted by Crippen LogP contribution is -2.55. The van der Waals surface area contributed by atoms with Crippen molar-refractivity contribution in [3.8, 4) is 10.4 Å². The van der Waals surface area contributed by atoms with Crippen molar-refractivity contribution in [1.29, 1.82) is 0 Å². The van der Waals surface area contributed by atoms with E-state index >= 15 is 0 Å². The van der Waals surface area contributed by atoms with Crippen molar-refractivity contribution in [3.63, 3.8) is 0 Å². The number of benzene rings is 1. The molecular weight excluding hydrogens is 451 g/mol. The van der Waals surface area contributed by atoms with Crippen molar-refractivity contribution in [3.05, 3.63) is 67.9 Å². The van der Waals surface area contributed by atoms with E-state index in [-0.39, 0.29) is 5.82 Å². The first-order valence-corrected chi connectivity index (χ1v) is 11.3.